The maximum absolute atomic E-state index is 11.5. The highest BCUT2D eigenvalue weighted by Gasteiger charge is 2.30. The van der Waals surface area contributed by atoms with Crippen LogP contribution in [0.15, 0.2) is 18.2 Å². The van der Waals surface area contributed by atoms with Gasteiger partial charge in [-0.3, -0.25) is 4.79 Å². The molecule has 0 unspecified atom stereocenters. The Morgan fingerprint density at radius 2 is 1.89 bits per heavy atom. The zero-order valence-corrected chi connectivity index (χ0v) is 12.4. The number of hydrogen-bond acceptors (Lipinski definition) is 3. The van der Waals surface area contributed by atoms with E-state index in [1.54, 1.807) is 12.1 Å². The van der Waals surface area contributed by atoms with E-state index in [2.05, 4.69) is 10.2 Å². The van der Waals surface area contributed by atoms with Crippen molar-refractivity contribution in [3.63, 3.8) is 0 Å². The molecule has 7 heteroatoms. The van der Waals surface area contributed by atoms with Crippen LogP contribution in [-0.2, 0) is 4.79 Å². The van der Waals surface area contributed by atoms with E-state index in [1.807, 2.05) is 6.07 Å². The number of benzene rings is 1. The number of alkyl halides is 3. The fourth-order valence-corrected chi connectivity index (χ4v) is 2.22. The second kappa shape index (κ2) is 5.65. The van der Waals surface area contributed by atoms with Crippen molar-refractivity contribution in [2.75, 3.05) is 29.0 Å². The molecule has 1 heterocycles. The van der Waals surface area contributed by atoms with Crippen molar-refractivity contribution in [2.45, 2.75) is 16.6 Å². The summed E-state index contributed by atoms with van der Waals surface area (Å²) >= 11 is 16.5. The van der Waals surface area contributed by atoms with E-state index >= 15 is 0 Å². The van der Waals surface area contributed by atoms with Gasteiger partial charge in [-0.2, -0.15) is 0 Å². The van der Waals surface area contributed by atoms with Gasteiger partial charge in [-0.25, -0.2) is 0 Å². The number of rotatable bonds is 2. The van der Waals surface area contributed by atoms with E-state index in [9.17, 15) is 4.79 Å². The summed E-state index contributed by atoms with van der Waals surface area (Å²) in [5, 5.41) is 2.51. The van der Waals surface area contributed by atoms with Crippen molar-refractivity contribution < 1.29 is 4.79 Å². The number of nitrogens with one attached hydrogen (secondary N) is 1. The van der Waals surface area contributed by atoms with Gasteiger partial charge in [-0.05, 0) is 31.0 Å². The molecule has 2 rings (SSSR count). The summed E-state index contributed by atoms with van der Waals surface area (Å²) in [7, 11) is 0. The molecule has 1 aliphatic heterocycles. The van der Waals surface area contributed by atoms with E-state index in [1.165, 1.54) is 12.8 Å². The normalized spacial score (nSPS) is 15.6. The van der Waals surface area contributed by atoms with Crippen molar-refractivity contribution in [1.82, 2.24) is 0 Å². The van der Waals surface area contributed by atoms with Gasteiger partial charge >= 0.3 is 0 Å². The third-order valence-electron chi connectivity index (χ3n) is 2.99. The first kappa shape index (κ1) is 14.6. The van der Waals surface area contributed by atoms with Crippen LogP contribution in [0.3, 0.4) is 0 Å². The number of hydrogen-bond donors (Lipinski definition) is 2. The molecule has 1 aromatic rings. The standard InChI is InChI=1S/C12H14Cl3N3O/c13-12(14,15)11(19)17-8-3-4-10(9(16)7-8)18-5-1-2-6-18/h3-4,7H,1-2,5-6,16H2,(H,17,19). The maximum Gasteiger partial charge on any atom is 0.276 e. The molecule has 3 N–H and O–H groups in total. The summed E-state index contributed by atoms with van der Waals surface area (Å²) in [6, 6.07) is 5.29. The van der Waals surface area contributed by atoms with Gasteiger partial charge in [-0.1, -0.05) is 34.8 Å². The Kier molecular flexibility index (Phi) is 4.33. The number of anilines is 3. The Labute approximate surface area is 126 Å². The largest absolute Gasteiger partial charge is 0.397 e. The Bertz CT molecular complexity index is 482. The van der Waals surface area contributed by atoms with Gasteiger partial charge in [-0.15, -0.1) is 0 Å². The summed E-state index contributed by atoms with van der Waals surface area (Å²) in [6.45, 7) is 2.01. The molecule has 0 saturated carbocycles. The average molecular weight is 323 g/mol. The zero-order valence-electron chi connectivity index (χ0n) is 10.1. The number of nitrogen functional groups attached to an aromatic ring is 1. The van der Waals surface area contributed by atoms with Crippen molar-refractivity contribution in [3.05, 3.63) is 18.2 Å². The molecular weight excluding hydrogens is 309 g/mol. The number of carbonyl (C=O) groups excluding carboxylic acids is 1. The minimum atomic E-state index is -1.98. The number of nitrogens with two attached hydrogens (primary N) is 1. The van der Waals surface area contributed by atoms with E-state index < -0.39 is 9.70 Å². The molecule has 0 atom stereocenters. The van der Waals surface area contributed by atoms with Crippen LogP contribution >= 0.6 is 34.8 Å². The number of amides is 1. The maximum atomic E-state index is 11.5. The summed E-state index contributed by atoms with van der Waals surface area (Å²) in [5.74, 6) is -0.703. The highest BCUT2D eigenvalue weighted by atomic mass is 35.6. The van der Waals surface area contributed by atoms with E-state index in [0.717, 1.165) is 18.8 Å². The van der Waals surface area contributed by atoms with Crippen LogP contribution in [0.4, 0.5) is 17.1 Å². The molecule has 1 aromatic carbocycles. The van der Waals surface area contributed by atoms with Crippen molar-refractivity contribution in [2.24, 2.45) is 0 Å². The molecule has 1 fully saturated rings. The first-order chi connectivity index (χ1) is 8.88. The molecular formula is C12H14Cl3N3O. The molecule has 0 aliphatic carbocycles. The minimum absolute atomic E-state index is 0.511. The predicted octanol–water partition coefficient (Wildman–Crippen LogP) is 3.18. The van der Waals surface area contributed by atoms with Crippen LogP contribution in [0.2, 0.25) is 0 Å². The van der Waals surface area contributed by atoms with Crippen molar-refractivity contribution in [3.8, 4) is 0 Å². The second-order valence-electron chi connectivity index (χ2n) is 4.42. The fraction of sp³-hybridized carbons (Fsp3) is 0.417. The van der Waals surface area contributed by atoms with Gasteiger partial charge in [0.05, 0.1) is 11.4 Å². The SMILES string of the molecule is Nc1cc(NC(=O)C(Cl)(Cl)Cl)ccc1N1CCCC1. The molecule has 4 nitrogen and oxygen atoms in total. The van der Waals surface area contributed by atoms with E-state index in [-0.39, 0.29) is 0 Å². The number of nitrogens with zero attached hydrogens (tertiary/aromatic N) is 1. The third-order valence-corrected chi connectivity index (χ3v) is 3.50. The summed E-state index contributed by atoms with van der Waals surface area (Å²) < 4.78 is -1.98. The smallest absolute Gasteiger partial charge is 0.276 e. The second-order valence-corrected chi connectivity index (χ2v) is 6.70. The van der Waals surface area contributed by atoms with Crippen LogP contribution in [-0.4, -0.2) is 22.8 Å². The molecule has 0 aromatic heterocycles. The van der Waals surface area contributed by atoms with Crippen LogP contribution < -0.4 is 16.0 Å². The van der Waals surface area contributed by atoms with Gasteiger partial charge in [0.2, 0.25) is 0 Å². The Balaban J connectivity index is 2.12. The monoisotopic (exact) mass is 321 g/mol. The lowest BCUT2D eigenvalue weighted by molar-refractivity contribution is -0.115. The van der Waals surface area contributed by atoms with E-state index in [4.69, 9.17) is 40.5 Å². The summed E-state index contributed by atoms with van der Waals surface area (Å²) in [5.41, 5.74) is 8.08. The van der Waals surface area contributed by atoms with Gasteiger partial charge in [0.1, 0.15) is 0 Å². The molecule has 1 saturated heterocycles. The van der Waals surface area contributed by atoms with Crippen LogP contribution in [0, 0.1) is 0 Å². The molecule has 0 radical (unpaired) electrons. The zero-order chi connectivity index (χ0) is 14.0. The average Bonchev–Trinajstić information content (AvgIpc) is 2.81. The Hall–Kier alpha value is -0.840. The van der Waals surface area contributed by atoms with Crippen LogP contribution in [0.1, 0.15) is 12.8 Å². The lowest BCUT2D eigenvalue weighted by Gasteiger charge is -2.20. The van der Waals surface area contributed by atoms with Crippen LogP contribution in [0.25, 0.3) is 0 Å². The Morgan fingerprint density at radius 1 is 1.26 bits per heavy atom. The van der Waals surface area contributed by atoms with Gasteiger partial charge in [0, 0.05) is 18.8 Å². The summed E-state index contributed by atoms with van der Waals surface area (Å²) in [4.78, 5) is 13.7. The third kappa shape index (κ3) is 3.59. The minimum Gasteiger partial charge on any atom is -0.397 e. The molecule has 104 valence electrons. The predicted molar refractivity (Wildman–Crippen MR) is 81.2 cm³/mol. The molecule has 19 heavy (non-hydrogen) atoms. The quantitative estimate of drug-likeness (QED) is 0.649. The molecule has 1 amide bonds. The summed E-state index contributed by atoms with van der Waals surface area (Å²) in [6.07, 6.45) is 2.34. The van der Waals surface area contributed by atoms with Crippen molar-refractivity contribution in [1.29, 1.82) is 0 Å². The van der Waals surface area contributed by atoms with Crippen molar-refractivity contribution >= 4 is 57.8 Å². The first-order valence-corrected chi connectivity index (χ1v) is 7.04. The van der Waals surface area contributed by atoms with Gasteiger partial charge in [0.15, 0.2) is 0 Å². The fourth-order valence-electron chi connectivity index (χ4n) is 2.08. The lowest BCUT2D eigenvalue weighted by atomic mass is 10.2. The molecule has 0 bridgehead atoms. The topological polar surface area (TPSA) is 58.4 Å². The highest BCUT2D eigenvalue weighted by molar-refractivity contribution is 6.76. The number of halogens is 3. The molecule has 0 spiro atoms. The lowest BCUT2D eigenvalue weighted by Crippen LogP contribution is -2.27. The van der Waals surface area contributed by atoms with Gasteiger partial charge < -0.3 is 16.0 Å². The highest BCUT2D eigenvalue weighted by Crippen LogP contribution is 2.31. The van der Waals surface area contributed by atoms with Crippen LogP contribution in [0.5, 0.6) is 0 Å². The Morgan fingerprint density at radius 3 is 2.42 bits per heavy atom. The molecule has 1 aliphatic rings. The van der Waals surface area contributed by atoms with E-state index in [0.29, 0.717) is 11.4 Å². The first-order valence-electron chi connectivity index (χ1n) is 5.90. The van der Waals surface area contributed by atoms with Gasteiger partial charge in [0.25, 0.3) is 9.70 Å². The number of carbonyl (C=O) groups is 1.